The maximum atomic E-state index is 12.0. The number of non-ortho nitro benzene ring substituents is 1. The van der Waals surface area contributed by atoms with Gasteiger partial charge in [-0.05, 0) is 12.1 Å². The molecule has 0 bridgehead atoms. The Hall–Kier alpha value is -2.84. The van der Waals surface area contributed by atoms with Gasteiger partial charge in [-0.25, -0.2) is 4.79 Å². The second kappa shape index (κ2) is 9.32. The van der Waals surface area contributed by atoms with Crippen LogP contribution < -0.4 is 10.1 Å². The Bertz CT molecular complexity index is 786. The standard InChI is InChI=1S/C17H22N2O11/c1-8(21)18-13-11(22)6-17(16(25)26,30-15(13)14(24)12(23)7-20)29-10-4-2-9(3-5-10)19(27)28/h2-5,11-15,20,22-24H,6-7H2,1H3,(H,18,21)(H,25,26)/t11-,12-,13-,14-,15+,17-/m1/s1. The fraction of sp³-hybridized carbons (Fsp3) is 0.529. The van der Waals surface area contributed by atoms with Crippen LogP contribution in [0.5, 0.6) is 5.75 Å². The van der Waals surface area contributed by atoms with E-state index in [1.807, 2.05) is 0 Å². The summed E-state index contributed by atoms with van der Waals surface area (Å²) < 4.78 is 10.8. The lowest BCUT2D eigenvalue weighted by atomic mass is 9.88. The van der Waals surface area contributed by atoms with Crippen LogP contribution in [-0.2, 0) is 14.3 Å². The molecule has 1 aromatic carbocycles. The molecule has 1 heterocycles. The Morgan fingerprint density at radius 2 is 1.97 bits per heavy atom. The van der Waals surface area contributed by atoms with E-state index >= 15 is 0 Å². The van der Waals surface area contributed by atoms with Crippen molar-refractivity contribution < 1.29 is 49.5 Å². The lowest BCUT2D eigenvalue weighted by Crippen LogP contribution is -2.68. The highest BCUT2D eigenvalue weighted by molar-refractivity contribution is 5.77. The van der Waals surface area contributed by atoms with Crippen molar-refractivity contribution in [2.24, 2.45) is 0 Å². The zero-order valence-electron chi connectivity index (χ0n) is 15.7. The fourth-order valence-corrected chi connectivity index (χ4v) is 3.06. The van der Waals surface area contributed by atoms with Crippen LogP contribution in [0.1, 0.15) is 13.3 Å². The third kappa shape index (κ3) is 5.01. The van der Waals surface area contributed by atoms with Crippen LogP contribution >= 0.6 is 0 Å². The van der Waals surface area contributed by atoms with Crippen LogP contribution in [0.2, 0.25) is 0 Å². The molecule has 13 nitrogen and oxygen atoms in total. The highest BCUT2D eigenvalue weighted by atomic mass is 16.7. The minimum absolute atomic E-state index is 0.149. The average Bonchev–Trinajstić information content (AvgIpc) is 2.68. The second-order valence-electron chi connectivity index (χ2n) is 6.73. The van der Waals surface area contributed by atoms with Crippen LogP contribution in [0.4, 0.5) is 5.69 Å². The van der Waals surface area contributed by atoms with Gasteiger partial charge in [-0.1, -0.05) is 0 Å². The minimum Gasteiger partial charge on any atom is -0.476 e. The number of aliphatic carboxylic acids is 1. The predicted octanol–water partition coefficient (Wildman–Crippen LogP) is -1.88. The number of aliphatic hydroxyl groups excluding tert-OH is 4. The molecule has 0 aromatic heterocycles. The van der Waals surface area contributed by atoms with Gasteiger partial charge in [0.05, 0.1) is 30.1 Å². The van der Waals surface area contributed by atoms with E-state index in [2.05, 4.69) is 5.32 Å². The van der Waals surface area contributed by atoms with E-state index < -0.39 is 66.1 Å². The van der Waals surface area contributed by atoms with Crippen LogP contribution in [0.15, 0.2) is 24.3 Å². The number of nitrogens with one attached hydrogen (secondary N) is 1. The molecular formula is C17H22N2O11. The molecule has 13 heteroatoms. The third-order valence-corrected chi connectivity index (χ3v) is 4.52. The number of nitro groups is 1. The summed E-state index contributed by atoms with van der Waals surface area (Å²) in [6.07, 6.45) is -7.65. The van der Waals surface area contributed by atoms with Crippen LogP contribution in [0, 0.1) is 10.1 Å². The number of carboxylic acids is 1. The van der Waals surface area contributed by atoms with Crippen molar-refractivity contribution in [1.29, 1.82) is 0 Å². The SMILES string of the molecule is CC(=O)N[C@H]1[C@@H]([C@H](O)[C@H](O)CO)O[C@@](Oc2ccc([N+](=O)[O-])cc2)(C(=O)O)C[C@H]1O. The monoisotopic (exact) mass is 430 g/mol. The summed E-state index contributed by atoms with van der Waals surface area (Å²) in [4.78, 5) is 33.5. The Morgan fingerprint density at radius 3 is 2.43 bits per heavy atom. The first-order valence-electron chi connectivity index (χ1n) is 8.77. The summed E-state index contributed by atoms with van der Waals surface area (Å²) >= 11 is 0. The fourth-order valence-electron chi connectivity index (χ4n) is 3.06. The molecule has 1 saturated heterocycles. The number of nitrogens with zero attached hydrogens (tertiary/aromatic N) is 1. The summed E-state index contributed by atoms with van der Waals surface area (Å²) in [5, 5.41) is 62.5. The van der Waals surface area contributed by atoms with Gasteiger partial charge < -0.3 is 40.3 Å². The molecule has 1 aromatic rings. The smallest absolute Gasteiger partial charge is 0.377 e. The first kappa shape index (κ1) is 23.4. The summed E-state index contributed by atoms with van der Waals surface area (Å²) in [6, 6.07) is 3.03. The van der Waals surface area contributed by atoms with E-state index in [9.17, 15) is 40.1 Å². The van der Waals surface area contributed by atoms with Crippen molar-refractivity contribution in [3.05, 3.63) is 34.4 Å². The van der Waals surface area contributed by atoms with Crippen LogP contribution in [0.3, 0.4) is 0 Å². The van der Waals surface area contributed by atoms with E-state index in [4.69, 9.17) is 14.6 Å². The molecule has 6 atom stereocenters. The molecular weight excluding hydrogens is 408 g/mol. The zero-order chi connectivity index (χ0) is 22.6. The highest BCUT2D eigenvalue weighted by Gasteiger charge is 2.56. The van der Waals surface area contributed by atoms with Gasteiger partial charge in [0.15, 0.2) is 0 Å². The summed E-state index contributed by atoms with van der Waals surface area (Å²) in [6.45, 7) is 0.207. The van der Waals surface area contributed by atoms with E-state index in [0.29, 0.717) is 0 Å². The number of carboxylic acid groups (broad SMARTS) is 1. The van der Waals surface area contributed by atoms with Gasteiger partial charge in [-0.3, -0.25) is 14.9 Å². The number of ether oxygens (including phenoxy) is 2. The molecule has 1 amide bonds. The summed E-state index contributed by atoms with van der Waals surface area (Å²) in [7, 11) is 0. The van der Waals surface area contributed by atoms with Gasteiger partial charge >= 0.3 is 11.8 Å². The molecule has 0 spiro atoms. The third-order valence-electron chi connectivity index (χ3n) is 4.52. The zero-order valence-corrected chi connectivity index (χ0v) is 15.7. The van der Waals surface area contributed by atoms with E-state index in [-0.39, 0.29) is 11.4 Å². The molecule has 1 fully saturated rings. The number of aliphatic hydroxyl groups is 4. The largest absolute Gasteiger partial charge is 0.476 e. The van der Waals surface area contributed by atoms with Gasteiger partial charge in [0.2, 0.25) is 5.91 Å². The maximum Gasteiger partial charge on any atom is 0.377 e. The van der Waals surface area contributed by atoms with Gasteiger partial charge in [0.25, 0.3) is 5.69 Å². The van der Waals surface area contributed by atoms with Crippen LogP contribution in [0.25, 0.3) is 0 Å². The number of rotatable bonds is 8. The normalized spacial score (nSPS) is 28.2. The van der Waals surface area contributed by atoms with Gasteiger partial charge in [-0.2, -0.15) is 0 Å². The molecule has 2 rings (SSSR count). The number of nitro benzene ring substituents is 1. The minimum atomic E-state index is -2.56. The molecule has 0 aliphatic carbocycles. The van der Waals surface area contributed by atoms with Gasteiger partial charge in [-0.15, -0.1) is 0 Å². The number of amides is 1. The van der Waals surface area contributed by atoms with E-state index in [1.165, 1.54) is 0 Å². The topological polar surface area (TPSA) is 209 Å². The molecule has 166 valence electrons. The average molecular weight is 430 g/mol. The van der Waals surface area contributed by atoms with Crippen LogP contribution in [-0.4, -0.2) is 85.2 Å². The van der Waals surface area contributed by atoms with Crippen molar-refractivity contribution in [3.8, 4) is 5.75 Å². The van der Waals surface area contributed by atoms with Crippen molar-refractivity contribution >= 4 is 17.6 Å². The Morgan fingerprint density at radius 1 is 1.37 bits per heavy atom. The maximum absolute atomic E-state index is 12.0. The molecule has 1 aliphatic rings. The van der Waals surface area contributed by atoms with Crippen molar-refractivity contribution in [2.75, 3.05) is 6.61 Å². The Labute approximate surface area is 169 Å². The molecule has 0 radical (unpaired) electrons. The van der Waals surface area contributed by atoms with E-state index in [1.54, 1.807) is 0 Å². The van der Waals surface area contributed by atoms with E-state index in [0.717, 1.165) is 31.2 Å². The molecule has 1 aliphatic heterocycles. The summed E-state index contributed by atoms with van der Waals surface area (Å²) in [5.74, 6) is -5.04. The first-order valence-corrected chi connectivity index (χ1v) is 8.77. The predicted molar refractivity (Wildman–Crippen MR) is 96.3 cm³/mol. The lowest BCUT2D eigenvalue weighted by molar-refractivity contribution is -0.384. The summed E-state index contributed by atoms with van der Waals surface area (Å²) in [5.41, 5.74) is -0.276. The Balaban J connectivity index is 2.40. The quantitative estimate of drug-likeness (QED) is 0.199. The number of hydrogen-bond donors (Lipinski definition) is 6. The molecule has 0 saturated carbocycles. The number of carbonyl (C=O) groups is 2. The molecule has 6 N–H and O–H groups in total. The van der Waals surface area contributed by atoms with Gasteiger partial charge in [0, 0.05) is 19.1 Å². The number of carbonyl (C=O) groups excluding carboxylic acids is 1. The van der Waals surface area contributed by atoms with Crippen molar-refractivity contribution in [2.45, 2.75) is 49.6 Å². The Kier molecular flexibility index (Phi) is 7.28. The second-order valence-corrected chi connectivity index (χ2v) is 6.73. The van der Waals surface area contributed by atoms with Crippen molar-refractivity contribution in [1.82, 2.24) is 5.32 Å². The molecule has 30 heavy (non-hydrogen) atoms. The molecule has 0 unspecified atom stereocenters. The first-order chi connectivity index (χ1) is 14.0. The highest BCUT2D eigenvalue weighted by Crippen LogP contribution is 2.35. The number of hydrogen-bond acceptors (Lipinski definition) is 10. The number of benzene rings is 1. The van der Waals surface area contributed by atoms with Crippen molar-refractivity contribution in [3.63, 3.8) is 0 Å². The lowest BCUT2D eigenvalue weighted by Gasteiger charge is -2.46. The van der Waals surface area contributed by atoms with Gasteiger partial charge in [0.1, 0.15) is 24.1 Å².